The zero-order valence-electron chi connectivity index (χ0n) is 19.7. The van der Waals surface area contributed by atoms with Crippen molar-refractivity contribution in [2.24, 2.45) is 0 Å². The van der Waals surface area contributed by atoms with Crippen LogP contribution in [-0.2, 0) is 6.42 Å². The summed E-state index contributed by atoms with van der Waals surface area (Å²) in [5, 5.41) is 4.80. The molecule has 1 aliphatic heterocycles. The van der Waals surface area contributed by atoms with Gasteiger partial charge in [-0.2, -0.15) is 0 Å². The number of hydrogen-bond donors (Lipinski definition) is 2. The van der Waals surface area contributed by atoms with Crippen molar-refractivity contribution in [2.75, 3.05) is 33.2 Å². The van der Waals surface area contributed by atoms with Gasteiger partial charge in [0.25, 0.3) is 0 Å². The van der Waals surface area contributed by atoms with Crippen molar-refractivity contribution in [1.29, 1.82) is 0 Å². The van der Waals surface area contributed by atoms with Crippen molar-refractivity contribution in [3.8, 4) is 17.2 Å². The number of rotatable bonds is 5. The lowest BCUT2D eigenvalue weighted by Crippen LogP contribution is -2.43. The molecule has 0 aliphatic carbocycles. The number of nitrogens with zero attached hydrogens (tertiary/aromatic N) is 1. The van der Waals surface area contributed by atoms with Crippen molar-refractivity contribution in [3.63, 3.8) is 0 Å². The largest absolute Gasteiger partial charge is 0.497 e. The van der Waals surface area contributed by atoms with Crippen molar-refractivity contribution in [2.45, 2.75) is 12.5 Å². The number of urea groups is 1. The number of ether oxygens (including phenoxy) is 3. The third-order valence-corrected chi connectivity index (χ3v) is 6.65. The van der Waals surface area contributed by atoms with Crippen LogP contribution in [0.1, 0.15) is 22.9 Å². The van der Waals surface area contributed by atoms with E-state index < -0.39 is 0 Å². The zero-order chi connectivity index (χ0) is 24.5. The highest BCUT2D eigenvalue weighted by molar-refractivity contribution is 6.31. The predicted octanol–water partition coefficient (Wildman–Crippen LogP) is 6.03. The smallest absolute Gasteiger partial charge is 0.322 e. The second-order valence-corrected chi connectivity index (χ2v) is 8.76. The Hall–Kier alpha value is -3.84. The summed E-state index contributed by atoms with van der Waals surface area (Å²) >= 11 is 6.30. The molecule has 0 fully saturated rings. The van der Waals surface area contributed by atoms with Crippen LogP contribution in [0.4, 0.5) is 10.5 Å². The van der Waals surface area contributed by atoms with Crippen LogP contribution in [0.2, 0.25) is 5.02 Å². The van der Waals surface area contributed by atoms with Gasteiger partial charge in [0, 0.05) is 39.9 Å². The summed E-state index contributed by atoms with van der Waals surface area (Å²) < 4.78 is 16.0. The van der Waals surface area contributed by atoms with Crippen molar-refractivity contribution >= 4 is 34.2 Å². The number of aromatic amines is 1. The Morgan fingerprint density at radius 1 is 0.971 bits per heavy atom. The predicted molar refractivity (Wildman–Crippen MR) is 137 cm³/mol. The third-order valence-electron chi connectivity index (χ3n) is 6.42. The fourth-order valence-electron chi connectivity index (χ4n) is 4.72. The number of hydrogen-bond acceptors (Lipinski definition) is 4. The summed E-state index contributed by atoms with van der Waals surface area (Å²) in [5.41, 5.74) is 4.77. The number of nitrogens with one attached hydrogen (secondary N) is 2. The van der Waals surface area contributed by atoms with Crippen molar-refractivity contribution < 1.29 is 19.0 Å². The molecule has 35 heavy (non-hydrogen) atoms. The average molecular weight is 492 g/mol. The maximum absolute atomic E-state index is 13.6. The third kappa shape index (κ3) is 4.23. The number of anilines is 1. The van der Waals surface area contributed by atoms with E-state index in [0.29, 0.717) is 35.2 Å². The average Bonchev–Trinajstić information content (AvgIpc) is 3.25. The Kier molecular flexibility index (Phi) is 6.17. The van der Waals surface area contributed by atoms with Gasteiger partial charge in [-0.15, -0.1) is 0 Å². The van der Waals surface area contributed by atoms with E-state index in [1.807, 2.05) is 47.4 Å². The number of aromatic nitrogens is 1. The summed E-state index contributed by atoms with van der Waals surface area (Å²) in [6.45, 7) is 0.544. The standard InChI is InChI=1S/C27H26ClN3O4/c1-33-19-8-4-16(5-9-19)26-25-20(21-14-17(28)6-10-22(21)30-25)12-13-31(26)27(32)29-18-7-11-23(34-2)24(15-18)35-3/h4-11,14-15,26,30H,12-13H2,1-3H3,(H,29,32)/t26-/m0/s1. The van der Waals surface area contributed by atoms with E-state index >= 15 is 0 Å². The first kappa shape index (κ1) is 22.9. The normalized spacial score (nSPS) is 15.0. The Labute approximate surface area is 208 Å². The second-order valence-electron chi connectivity index (χ2n) is 8.33. The number of benzene rings is 3. The van der Waals surface area contributed by atoms with Crippen LogP contribution in [0.25, 0.3) is 10.9 Å². The number of fused-ring (bicyclic) bond motifs is 3. The molecule has 2 N–H and O–H groups in total. The summed E-state index contributed by atoms with van der Waals surface area (Å²) in [6.07, 6.45) is 0.710. The number of methoxy groups -OCH3 is 3. The molecular weight excluding hydrogens is 466 g/mol. The van der Waals surface area contributed by atoms with Gasteiger partial charge in [0.1, 0.15) is 5.75 Å². The van der Waals surface area contributed by atoms with Gasteiger partial charge in [-0.1, -0.05) is 23.7 Å². The van der Waals surface area contributed by atoms with E-state index in [2.05, 4.69) is 10.3 Å². The first-order valence-corrected chi connectivity index (χ1v) is 11.6. The van der Waals surface area contributed by atoms with Crippen LogP contribution in [-0.4, -0.2) is 43.8 Å². The lowest BCUT2D eigenvalue weighted by molar-refractivity contribution is 0.193. The molecule has 4 aromatic rings. The van der Waals surface area contributed by atoms with E-state index in [9.17, 15) is 4.79 Å². The highest BCUT2D eigenvalue weighted by Crippen LogP contribution is 2.40. The van der Waals surface area contributed by atoms with E-state index in [0.717, 1.165) is 27.9 Å². The SMILES string of the molecule is COc1ccc([C@H]2c3[nH]c4ccc(Cl)cc4c3CCN2C(=O)Nc2ccc(OC)c(OC)c2)cc1. The summed E-state index contributed by atoms with van der Waals surface area (Å²) in [6, 6.07) is 18.4. The molecule has 0 bridgehead atoms. The molecule has 1 aromatic heterocycles. The molecule has 0 spiro atoms. The van der Waals surface area contributed by atoms with Crippen molar-refractivity contribution in [1.82, 2.24) is 9.88 Å². The molecule has 180 valence electrons. The zero-order valence-corrected chi connectivity index (χ0v) is 20.5. The Morgan fingerprint density at radius 2 is 1.74 bits per heavy atom. The summed E-state index contributed by atoms with van der Waals surface area (Å²) in [4.78, 5) is 19.0. The highest BCUT2D eigenvalue weighted by Gasteiger charge is 2.34. The fourth-order valence-corrected chi connectivity index (χ4v) is 4.89. The van der Waals surface area contributed by atoms with Crippen LogP contribution in [0, 0.1) is 0 Å². The van der Waals surface area contributed by atoms with E-state index in [4.69, 9.17) is 25.8 Å². The maximum Gasteiger partial charge on any atom is 0.322 e. The number of halogens is 1. The molecule has 0 saturated heterocycles. The van der Waals surface area contributed by atoms with Crippen LogP contribution < -0.4 is 19.5 Å². The maximum atomic E-state index is 13.6. The van der Waals surface area contributed by atoms with Gasteiger partial charge in [-0.05, 0) is 60.0 Å². The van der Waals surface area contributed by atoms with Crippen LogP contribution >= 0.6 is 11.6 Å². The molecule has 1 atom stereocenters. The highest BCUT2D eigenvalue weighted by atomic mass is 35.5. The topological polar surface area (TPSA) is 75.8 Å². The monoisotopic (exact) mass is 491 g/mol. The van der Waals surface area contributed by atoms with Crippen LogP contribution in [0.3, 0.4) is 0 Å². The van der Waals surface area contributed by atoms with E-state index in [1.54, 1.807) is 39.5 Å². The molecule has 3 aromatic carbocycles. The van der Waals surface area contributed by atoms with Gasteiger partial charge in [0.2, 0.25) is 0 Å². The molecule has 0 unspecified atom stereocenters. The van der Waals surface area contributed by atoms with Gasteiger partial charge in [-0.25, -0.2) is 4.79 Å². The molecule has 0 saturated carbocycles. The molecule has 7 nitrogen and oxygen atoms in total. The summed E-state index contributed by atoms with van der Waals surface area (Å²) in [5.74, 6) is 1.90. The molecule has 0 radical (unpaired) electrons. The van der Waals surface area contributed by atoms with Gasteiger partial charge in [0.15, 0.2) is 11.5 Å². The second kappa shape index (κ2) is 9.43. The number of carbonyl (C=O) groups excluding carboxylic acids is 1. The van der Waals surface area contributed by atoms with Crippen LogP contribution in [0.5, 0.6) is 17.2 Å². The molecule has 8 heteroatoms. The number of H-pyrrole nitrogens is 1. The van der Waals surface area contributed by atoms with E-state index in [-0.39, 0.29) is 12.1 Å². The van der Waals surface area contributed by atoms with Crippen LogP contribution in [0.15, 0.2) is 60.7 Å². The van der Waals surface area contributed by atoms with Gasteiger partial charge < -0.3 is 29.4 Å². The first-order chi connectivity index (χ1) is 17.0. The Bertz CT molecular complexity index is 1380. The molecule has 1 aliphatic rings. The first-order valence-electron chi connectivity index (χ1n) is 11.3. The minimum Gasteiger partial charge on any atom is -0.497 e. The lowest BCUT2D eigenvalue weighted by Gasteiger charge is -2.36. The minimum atomic E-state index is -0.309. The number of amides is 2. The molecule has 2 heterocycles. The minimum absolute atomic E-state index is 0.208. The molecule has 5 rings (SSSR count). The Morgan fingerprint density at radius 3 is 2.46 bits per heavy atom. The van der Waals surface area contributed by atoms with Crippen molar-refractivity contribution in [3.05, 3.63) is 82.5 Å². The quantitative estimate of drug-likeness (QED) is 0.357. The Balaban J connectivity index is 1.54. The summed E-state index contributed by atoms with van der Waals surface area (Å²) in [7, 11) is 4.78. The molecule has 2 amide bonds. The fraction of sp³-hybridized carbons (Fsp3) is 0.222. The molecular formula is C27H26ClN3O4. The lowest BCUT2D eigenvalue weighted by atomic mass is 9.92. The van der Waals surface area contributed by atoms with Gasteiger partial charge in [0.05, 0.1) is 27.4 Å². The number of carbonyl (C=O) groups is 1. The van der Waals surface area contributed by atoms with Gasteiger partial charge in [-0.3, -0.25) is 0 Å². The van der Waals surface area contributed by atoms with E-state index in [1.165, 1.54) is 5.56 Å². The van der Waals surface area contributed by atoms with Gasteiger partial charge >= 0.3 is 6.03 Å².